The third kappa shape index (κ3) is 4.07. The van der Waals surface area contributed by atoms with Crippen LogP contribution in [0.15, 0.2) is 24.3 Å². The fourth-order valence-electron chi connectivity index (χ4n) is 3.11. The molecule has 1 aliphatic carbocycles. The second-order valence-electron chi connectivity index (χ2n) is 7.80. The summed E-state index contributed by atoms with van der Waals surface area (Å²) in [6, 6.07) is 8.81. The maximum atomic E-state index is 12.1. The second kappa shape index (κ2) is 5.80. The van der Waals surface area contributed by atoms with E-state index in [2.05, 4.69) is 48.7 Å². The quantitative estimate of drug-likeness (QED) is 0.897. The monoisotopic (exact) mass is 288 g/mol. The largest absolute Gasteiger partial charge is 0.350 e. The fourth-order valence-corrected chi connectivity index (χ4v) is 3.11. The van der Waals surface area contributed by atoms with Gasteiger partial charge in [-0.2, -0.15) is 0 Å². The Bertz CT molecular complexity index is 514. The van der Waals surface area contributed by atoms with Crippen LogP contribution in [0.3, 0.4) is 0 Å². The van der Waals surface area contributed by atoms with Gasteiger partial charge in [-0.15, -0.1) is 0 Å². The summed E-state index contributed by atoms with van der Waals surface area (Å²) in [5.74, 6) is 0.0568. The van der Waals surface area contributed by atoms with Gasteiger partial charge in [0.05, 0.1) is 6.54 Å². The van der Waals surface area contributed by atoms with Gasteiger partial charge in [0, 0.05) is 11.6 Å². The number of carbonyl (C=O) groups excluding carboxylic acids is 1. The zero-order valence-corrected chi connectivity index (χ0v) is 13.9. The predicted octanol–water partition coefficient (Wildman–Crippen LogP) is 3.20. The molecule has 0 saturated carbocycles. The molecule has 1 aromatic rings. The van der Waals surface area contributed by atoms with Crippen LogP contribution < -0.4 is 10.6 Å². The Hall–Kier alpha value is -1.35. The molecule has 1 amide bonds. The van der Waals surface area contributed by atoms with E-state index in [1.807, 2.05) is 20.8 Å². The van der Waals surface area contributed by atoms with E-state index in [-0.39, 0.29) is 22.9 Å². The van der Waals surface area contributed by atoms with E-state index in [1.165, 1.54) is 11.1 Å². The van der Waals surface area contributed by atoms with Crippen LogP contribution in [0.5, 0.6) is 0 Å². The topological polar surface area (TPSA) is 41.1 Å². The van der Waals surface area contributed by atoms with Crippen LogP contribution in [0, 0.1) is 5.41 Å². The van der Waals surface area contributed by atoms with E-state index < -0.39 is 0 Å². The van der Waals surface area contributed by atoms with Crippen LogP contribution in [0.4, 0.5) is 0 Å². The van der Waals surface area contributed by atoms with Gasteiger partial charge in [-0.3, -0.25) is 4.79 Å². The number of benzene rings is 1. The Morgan fingerprint density at radius 2 is 1.95 bits per heavy atom. The van der Waals surface area contributed by atoms with Gasteiger partial charge >= 0.3 is 0 Å². The average Bonchev–Trinajstić information content (AvgIpc) is 2.35. The summed E-state index contributed by atoms with van der Waals surface area (Å²) in [5.41, 5.74) is 2.73. The zero-order chi connectivity index (χ0) is 15.7. The second-order valence-corrected chi connectivity index (χ2v) is 7.80. The molecule has 1 atom stereocenters. The van der Waals surface area contributed by atoms with E-state index in [9.17, 15) is 4.79 Å². The molecule has 0 bridgehead atoms. The highest BCUT2D eigenvalue weighted by atomic mass is 16.2. The molecule has 1 aromatic carbocycles. The third-order valence-electron chi connectivity index (χ3n) is 4.17. The summed E-state index contributed by atoms with van der Waals surface area (Å²) in [7, 11) is 0. The molecule has 0 saturated heterocycles. The summed E-state index contributed by atoms with van der Waals surface area (Å²) < 4.78 is 0. The van der Waals surface area contributed by atoms with Gasteiger partial charge in [0.2, 0.25) is 5.91 Å². The number of amides is 1. The van der Waals surface area contributed by atoms with Crippen LogP contribution in [-0.4, -0.2) is 18.0 Å². The molecular formula is C18H28N2O. The molecule has 3 heteroatoms. The van der Waals surface area contributed by atoms with Gasteiger partial charge in [-0.05, 0) is 50.2 Å². The fraction of sp³-hybridized carbons (Fsp3) is 0.611. The summed E-state index contributed by atoms with van der Waals surface area (Å²) in [6.45, 7) is 10.9. The minimum Gasteiger partial charge on any atom is -0.350 e. The van der Waals surface area contributed by atoms with Gasteiger partial charge in [0.25, 0.3) is 0 Å². The standard InChI is InChI=1S/C18H28N2O/c1-17(2,3)20-15(21)12-19-16-14-9-7-6-8-13(14)10-11-18(16,4)5/h6-9,16,19H,10-12H2,1-5H3,(H,20,21). The summed E-state index contributed by atoms with van der Waals surface area (Å²) in [6.07, 6.45) is 2.26. The molecule has 0 aliphatic heterocycles. The van der Waals surface area contributed by atoms with Crippen molar-refractivity contribution in [2.45, 2.75) is 59.0 Å². The van der Waals surface area contributed by atoms with Crippen molar-refractivity contribution in [1.29, 1.82) is 0 Å². The van der Waals surface area contributed by atoms with Crippen molar-refractivity contribution in [2.24, 2.45) is 5.41 Å². The van der Waals surface area contributed by atoms with Crippen molar-refractivity contribution in [3.63, 3.8) is 0 Å². The Morgan fingerprint density at radius 3 is 2.62 bits per heavy atom. The van der Waals surface area contributed by atoms with Gasteiger partial charge in [0.15, 0.2) is 0 Å². The van der Waals surface area contributed by atoms with Gasteiger partial charge in [-0.1, -0.05) is 38.1 Å². The summed E-state index contributed by atoms with van der Waals surface area (Å²) in [5, 5.41) is 6.49. The molecule has 0 heterocycles. The first-order valence-corrected chi connectivity index (χ1v) is 7.81. The van der Waals surface area contributed by atoms with Crippen molar-refractivity contribution in [3.8, 4) is 0 Å². The lowest BCUT2D eigenvalue weighted by Gasteiger charge is -2.40. The molecular weight excluding hydrogens is 260 g/mol. The molecule has 0 fully saturated rings. The molecule has 1 aliphatic rings. The molecule has 21 heavy (non-hydrogen) atoms. The van der Waals surface area contributed by atoms with Gasteiger partial charge in [-0.25, -0.2) is 0 Å². The molecule has 3 nitrogen and oxygen atoms in total. The molecule has 1 unspecified atom stereocenters. The summed E-state index contributed by atoms with van der Waals surface area (Å²) in [4.78, 5) is 12.1. The van der Waals surface area contributed by atoms with Crippen molar-refractivity contribution in [3.05, 3.63) is 35.4 Å². The maximum absolute atomic E-state index is 12.1. The van der Waals surface area contributed by atoms with Crippen molar-refractivity contribution in [1.82, 2.24) is 10.6 Å². The molecule has 2 rings (SSSR count). The van der Waals surface area contributed by atoms with Gasteiger partial charge < -0.3 is 10.6 Å². The number of carbonyl (C=O) groups is 1. The highest BCUT2D eigenvalue weighted by Crippen LogP contribution is 2.43. The van der Waals surface area contributed by atoms with Crippen molar-refractivity contribution in [2.75, 3.05) is 6.54 Å². The molecule has 0 radical (unpaired) electrons. The minimum atomic E-state index is -0.182. The number of aryl methyl sites for hydroxylation is 1. The highest BCUT2D eigenvalue weighted by Gasteiger charge is 2.35. The normalized spacial score (nSPS) is 20.7. The lowest BCUT2D eigenvalue weighted by molar-refractivity contribution is -0.121. The van der Waals surface area contributed by atoms with Crippen molar-refractivity contribution >= 4 is 5.91 Å². The van der Waals surface area contributed by atoms with Crippen LogP contribution in [0.1, 0.15) is 58.2 Å². The smallest absolute Gasteiger partial charge is 0.234 e. The molecule has 0 spiro atoms. The third-order valence-corrected chi connectivity index (χ3v) is 4.17. The lowest BCUT2D eigenvalue weighted by Crippen LogP contribution is -2.47. The minimum absolute atomic E-state index is 0.0568. The highest BCUT2D eigenvalue weighted by molar-refractivity contribution is 5.78. The zero-order valence-electron chi connectivity index (χ0n) is 13.9. The SMILES string of the molecule is CC(C)(C)NC(=O)CNC1c2ccccc2CCC1(C)C. The number of hydrogen-bond acceptors (Lipinski definition) is 2. The Morgan fingerprint density at radius 1 is 1.29 bits per heavy atom. The Kier molecular flexibility index (Phi) is 4.43. The number of fused-ring (bicyclic) bond motifs is 1. The van der Waals surface area contributed by atoms with Gasteiger partial charge in [0.1, 0.15) is 0 Å². The van der Waals surface area contributed by atoms with Crippen LogP contribution in [0.2, 0.25) is 0 Å². The lowest BCUT2D eigenvalue weighted by atomic mass is 9.70. The first-order valence-electron chi connectivity index (χ1n) is 7.81. The average molecular weight is 288 g/mol. The van der Waals surface area contributed by atoms with Crippen molar-refractivity contribution < 1.29 is 4.79 Å². The van der Waals surface area contributed by atoms with E-state index in [0.717, 1.165) is 12.8 Å². The Labute approximate surface area is 128 Å². The number of hydrogen-bond donors (Lipinski definition) is 2. The van der Waals surface area contributed by atoms with Crippen LogP contribution in [0.25, 0.3) is 0 Å². The van der Waals surface area contributed by atoms with E-state index in [1.54, 1.807) is 0 Å². The van der Waals surface area contributed by atoms with E-state index in [4.69, 9.17) is 0 Å². The van der Waals surface area contributed by atoms with Crippen LogP contribution >= 0.6 is 0 Å². The number of rotatable bonds is 3. The molecule has 2 N–H and O–H groups in total. The molecule has 116 valence electrons. The predicted molar refractivity (Wildman–Crippen MR) is 87.2 cm³/mol. The molecule has 0 aromatic heterocycles. The maximum Gasteiger partial charge on any atom is 0.234 e. The first kappa shape index (κ1) is 16.0. The van der Waals surface area contributed by atoms with E-state index >= 15 is 0 Å². The number of nitrogens with one attached hydrogen (secondary N) is 2. The first-order chi connectivity index (χ1) is 9.69. The Balaban J connectivity index is 2.09. The van der Waals surface area contributed by atoms with Crippen LogP contribution in [-0.2, 0) is 11.2 Å². The summed E-state index contributed by atoms with van der Waals surface area (Å²) >= 11 is 0. The van der Waals surface area contributed by atoms with E-state index in [0.29, 0.717) is 6.54 Å².